The van der Waals surface area contributed by atoms with Crippen molar-refractivity contribution in [3.63, 3.8) is 0 Å². The molecule has 4 aromatic rings. The van der Waals surface area contributed by atoms with Crippen LogP contribution < -0.4 is 10.0 Å². The van der Waals surface area contributed by atoms with Crippen molar-refractivity contribution in [1.82, 2.24) is 9.97 Å². The van der Waals surface area contributed by atoms with E-state index in [-0.39, 0.29) is 11.6 Å². The summed E-state index contributed by atoms with van der Waals surface area (Å²) < 4.78 is 56.1. The Kier molecular flexibility index (Phi) is 4.72. The Labute approximate surface area is 199 Å². The van der Waals surface area contributed by atoms with E-state index in [4.69, 9.17) is 0 Å². The molecule has 178 valence electrons. The van der Waals surface area contributed by atoms with E-state index in [1.54, 1.807) is 18.5 Å². The lowest BCUT2D eigenvalue weighted by atomic mass is 9.79. The minimum absolute atomic E-state index is 0.0987. The third kappa shape index (κ3) is 3.39. The molecule has 0 saturated heterocycles. The van der Waals surface area contributed by atoms with Crippen molar-refractivity contribution in [2.75, 3.05) is 10.0 Å². The second-order valence-electron chi connectivity index (χ2n) is 9.00. The number of aromatic nitrogens is 2. The van der Waals surface area contributed by atoms with Gasteiger partial charge in [0.2, 0.25) is 5.91 Å². The molecule has 1 fully saturated rings. The van der Waals surface area contributed by atoms with E-state index in [1.165, 1.54) is 0 Å². The largest absolute Gasteiger partial charge is 0.345 e. The molecule has 7 nitrogen and oxygen atoms in total. The van der Waals surface area contributed by atoms with E-state index in [2.05, 4.69) is 20.0 Å². The van der Waals surface area contributed by atoms with E-state index in [0.29, 0.717) is 30.2 Å². The fourth-order valence-corrected chi connectivity index (χ4v) is 6.38. The van der Waals surface area contributed by atoms with Crippen LogP contribution in [-0.4, -0.2) is 24.3 Å². The predicted octanol–water partition coefficient (Wildman–Crippen LogP) is 5.07. The zero-order chi connectivity index (χ0) is 24.4. The highest BCUT2D eigenvalue weighted by atomic mass is 32.2. The van der Waals surface area contributed by atoms with Crippen LogP contribution >= 0.6 is 0 Å². The van der Waals surface area contributed by atoms with Crippen molar-refractivity contribution in [2.45, 2.75) is 36.0 Å². The first-order valence-electron chi connectivity index (χ1n) is 11.2. The maximum absolute atomic E-state index is 14.3. The highest BCUT2D eigenvalue weighted by Crippen LogP contribution is 2.52. The molecule has 1 spiro atoms. The molecule has 0 bridgehead atoms. The van der Waals surface area contributed by atoms with Crippen LogP contribution in [0.15, 0.2) is 59.8 Å². The monoisotopic (exact) mass is 494 g/mol. The summed E-state index contributed by atoms with van der Waals surface area (Å²) in [6.07, 6.45) is 4.68. The highest BCUT2D eigenvalue weighted by molar-refractivity contribution is 7.92. The van der Waals surface area contributed by atoms with Crippen LogP contribution in [0.1, 0.15) is 31.2 Å². The molecule has 1 aromatic heterocycles. The first kappa shape index (κ1) is 21.7. The molecule has 2 heterocycles. The van der Waals surface area contributed by atoms with Gasteiger partial charge < -0.3 is 10.3 Å². The lowest BCUT2D eigenvalue weighted by Gasteiger charge is -2.22. The number of benzene rings is 3. The Morgan fingerprint density at radius 1 is 1.00 bits per heavy atom. The molecular formula is C25H20F2N4O3S. The molecule has 10 heteroatoms. The molecule has 2 aliphatic rings. The minimum atomic E-state index is -4.36. The van der Waals surface area contributed by atoms with Crippen LogP contribution in [0.3, 0.4) is 0 Å². The number of imidazole rings is 1. The number of nitrogens with zero attached hydrogens (tertiary/aromatic N) is 1. The zero-order valence-corrected chi connectivity index (χ0v) is 19.2. The lowest BCUT2D eigenvalue weighted by Crippen LogP contribution is -2.31. The summed E-state index contributed by atoms with van der Waals surface area (Å²) in [6.45, 7) is 0. The fraction of sp³-hybridized carbons (Fsp3) is 0.200. The number of anilines is 2. The van der Waals surface area contributed by atoms with Crippen LogP contribution in [0.5, 0.6) is 0 Å². The maximum atomic E-state index is 14.3. The number of H-pyrrole nitrogens is 1. The number of hydrogen-bond donors (Lipinski definition) is 3. The summed E-state index contributed by atoms with van der Waals surface area (Å²) in [7, 11) is -4.36. The zero-order valence-electron chi connectivity index (χ0n) is 18.4. The number of aromatic amines is 1. The lowest BCUT2D eigenvalue weighted by molar-refractivity contribution is -0.120. The van der Waals surface area contributed by atoms with E-state index >= 15 is 0 Å². The van der Waals surface area contributed by atoms with Crippen molar-refractivity contribution in [1.29, 1.82) is 0 Å². The van der Waals surface area contributed by atoms with Gasteiger partial charge in [-0.05, 0) is 60.4 Å². The number of halogens is 2. The smallest absolute Gasteiger partial charge is 0.264 e. The Balaban J connectivity index is 1.52. The molecule has 1 aliphatic carbocycles. The second kappa shape index (κ2) is 7.61. The van der Waals surface area contributed by atoms with E-state index in [1.807, 2.05) is 18.2 Å². The van der Waals surface area contributed by atoms with Gasteiger partial charge in [0.15, 0.2) is 0 Å². The van der Waals surface area contributed by atoms with Crippen LogP contribution in [0.4, 0.5) is 20.2 Å². The summed E-state index contributed by atoms with van der Waals surface area (Å²) in [5.74, 6) is -2.16. The Bertz CT molecular complexity index is 1630. The van der Waals surface area contributed by atoms with Gasteiger partial charge in [0.25, 0.3) is 10.0 Å². The molecule has 1 saturated carbocycles. The van der Waals surface area contributed by atoms with Gasteiger partial charge in [-0.25, -0.2) is 22.2 Å². The number of rotatable bonds is 4. The van der Waals surface area contributed by atoms with Crippen molar-refractivity contribution >= 4 is 38.3 Å². The number of fused-ring (bicyclic) bond motifs is 3. The summed E-state index contributed by atoms with van der Waals surface area (Å²) >= 11 is 0. The van der Waals surface area contributed by atoms with Gasteiger partial charge in [-0.15, -0.1) is 0 Å². The van der Waals surface area contributed by atoms with Crippen LogP contribution in [0.2, 0.25) is 0 Å². The average molecular weight is 495 g/mol. The Morgan fingerprint density at radius 2 is 1.80 bits per heavy atom. The second-order valence-corrected chi connectivity index (χ2v) is 10.7. The first-order valence-corrected chi connectivity index (χ1v) is 12.7. The number of hydrogen-bond acceptors (Lipinski definition) is 4. The van der Waals surface area contributed by atoms with Gasteiger partial charge in [0.05, 0.1) is 28.5 Å². The number of nitrogens with one attached hydrogen (secondary N) is 3. The molecule has 0 radical (unpaired) electrons. The van der Waals surface area contributed by atoms with E-state index < -0.39 is 32.0 Å². The quantitative estimate of drug-likeness (QED) is 0.368. The van der Waals surface area contributed by atoms with E-state index in [9.17, 15) is 22.0 Å². The summed E-state index contributed by atoms with van der Waals surface area (Å²) in [6, 6.07) is 11.1. The molecule has 0 atom stereocenters. The normalized spacial score (nSPS) is 16.6. The van der Waals surface area contributed by atoms with Crippen molar-refractivity contribution in [3.8, 4) is 11.1 Å². The first-order chi connectivity index (χ1) is 16.8. The third-order valence-electron chi connectivity index (χ3n) is 6.95. The molecule has 3 aromatic carbocycles. The standard InChI is InChI=1S/C25H20F2N4O3S/c26-15-4-6-22(19(27)10-15)35(33,34)31-16-11-17(14-3-5-20-21(9-14)29-13-28-20)23-18(12-16)25(24(32)30-23)7-1-2-8-25/h3-6,9-13,31H,1-2,7-8H2,(H,28,29)(H,30,32). The van der Waals surface area contributed by atoms with Crippen molar-refractivity contribution < 1.29 is 22.0 Å². The molecule has 3 N–H and O–H groups in total. The SMILES string of the molecule is O=C1Nc2c(-c3ccc4nc[nH]c4c3)cc(NS(=O)(=O)c3ccc(F)cc3F)cc2C12CCCC2. The van der Waals surface area contributed by atoms with Crippen molar-refractivity contribution in [3.05, 3.63) is 72.1 Å². The van der Waals surface area contributed by atoms with Gasteiger partial charge in [-0.2, -0.15) is 0 Å². The average Bonchev–Trinajstić information content (AvgIpc) is 3.54. The summed E-state index contributed by atoms with van der Waals surface area (Å²) in [5, 5.41) is 3.03. The Morgan fingerprint density at radius 3 is 2.57 bits per heavy atom. The molecule has 0 unspecified atom stereocenters. The molecule has 6 rings (SSSR count). The van der Waals surface area contributed by atoms with Gasteiger partial charge in [-0.3, -0.25) is 9.52 Å². The fourth-order valence-electron chi connectivity index (χ4n) is 5.28. The molecule has 35 heavy (non-hydrogen) atoms. The maximum Gasteiger partial charge on any atom is 0.264 e. The number of sulfonamides is 1. The molecule has 1 aliphatic heterocycles. The van der Waals surface area contributed by atoms with Crippen LogP contribution in [0, 0.1) is 11.6 Å². The Hall–Kier alpha value is -3.79. The number of amides is 1. The number of carbonyl (C=O) groups excluding carboxylic acids is 1. The topological polar surface area (TPSA) is 104 Å². The van der Waals surface area contributed by atoms with Gasteiger partial charge in [0, 0.05) is 17.3 Å². The molecular weight excluding hydrogens is 474 g/mol. The van der Waals surface area contributed by atoms with E-state index in [0.717, 1.165) is 47.1 Å². The van der Waals surface area contributed by atoms with Gasteiger partial charge in [0.1, 0.15) is 16.5 Å². The summed E-state index contributed by atoms with van der Waals surface area (Å²) in [4.78, 5) is 19.8. The highest BCUT2D eigenvalue weighted by Gasteiger charge is 2.49. The molecule has 1 amide bonds. The summed E-state index contributed by atoms with van der Waals surface area (Å²) in [5.41, 5.74) is 3.77. The predicted molar refractivity (Wildman–Crippen MR) is 127 cm³/mol. The number of carbonyl (C=O) groups is 1. The van der Waals surface area contributed by atoms with Crippen molar-refractivity contribution in [2.24, 2.45) is 0 Å². The van der Waals surface area contributed by atoms with Crippen LogP contribution in [-0.2, 0) is 20.2 Å². The van der Waals surface area contributed by atoms with Gasteiger partial charge in [-0.1, -0.05) is 18.9 Å². The van der Waals surface area contributed by atoms with Gasteiger partial charge >= 0.3 is 0 Å². The third-order valence-corrected chi connectivity index (χ3v) is 8.37. The minimum Gasteiger partial charge on any atom is -0.345 e. The van der Waals surface area contributed by atoms with Crippen LogP contribution in [0.25, 0.3) is 22.2 Å².